The van der Waals surface area contributed by atoms with Gasteiger partial charge < -0.3 is 16.0 Å². The normalized spacial score (nSPS) is 11.4. The van der Waals surface area contributed by atoms with Gasteiger partial charge in [0.05, 0.1) is 5.56 Å². The Morgan fingerprint density at radius 2 is 1.86 bits per heavy atom. The number of nitrogens with zero attached hydrogens (tertiary/aromatic N) is 2. The molecule has 5 nitrogen and oxygen atoms in total. The molecule has 2 aromatic carbocycles. The summed E-state index contributed by atoms with van der Waals surface area (Å²) in [5.41, 5.74) is 8.88. The molecule has 2 heterocycles. The third-order valence-corrected chi connectivity index (χ3v) is 5.76. The molecule has 3 N–H and O–H groups in total. The molecule has 0 radical (unpaired) electrons. The van der Waals surface area contributed by atoms with Crippen molar-refractivity contribution in [2.75, 3.05) is 32.9 Å². The van der Waals surface area contributed by atoms with Crippen LogP contribution in [0.4, 0.5) is 5.82 Å². The number of nitrogen functional groups attached to an aromatic ring is 1. The van der Waals surface area contributed by atoms with E-state index >= 15 is 0 Å². The molecular formula is C22H22N4OS. The fourth-order valence-electron chi connectivity index (χ4n) is 3.24. The first kappa shape index (κ1) is 18.4. The molecule has 142 valence electrons. The van der Waals surface area contributed by atoms with E-state index in [9.17, 15) is 4.79 Å². The fourth-order valence-corrected chi connectivity index (χ4v) is 4.16. The van der Waals surface area contributed by atoms with E-state index in [1.807, 2.05) is 30.4 Å². The number of nitrogens with two attached hydrogens (primary N) is 1. The van der Waals surface area contributed by atoms with Crippen molar-refractivity contribution in [3.63, 3.8) is 0 Å². The molecular weight excluding hydrogens is 368 g/mol. The number of carbonyl (C=O) groups is 1. The van der Waals surface area contributed by atoms with Crippen LogP contribution in [0.15, 0.2) is 54.0 Å². The molecule has 0 aliphatic heterocycles. The van der Waals surface area contributed by atoms with Gasteiger partial charge in [-0.15, -0.1) is 11.3 Å². The molecule has 4 rings (SSSR count). The number of likely N-dealkylation sites (N-methyl/N-ethyl adjacent to an activating group) is 1. The predicted molar refractivity (Wildman–Crippen MR) is 118 cm³/mol. The third kappa shape index (κ3) is 3.56. The van der Waals surface area contributed by atoms with E-state index in [0.717, 1.165) is 44.1 Å². The SMILES string of the molecule is CN(C)CCNC(=O)c1csc2ccc(-c3ccc4ccnc(N)c4c3)cc12. The number of rotatable bonds is 5. The van der Waals surface area contributed by atoms with Crippen LogP contribution in [0.2, 0.25) is 0 Å². The number of hydrogen-bond acceptors (Lipinski definition) is 5. The molecule has 6 heteroatoms. The van der Waals surface area contributed by atoms with Crippen LogP contribution in [0.25, 0.3) is 32.0 Å². The molecule has 0 unspecified atom stereocenters. The highest BCUT2D eigenvalue weighted by Gasteiger charge is 2.13. The summed E-state index contributed by atoms with van der Waals surface area (Å²) in [6.45, 7) is 1.44. The van der Waals surface area contributed by atoms with Gasteiger partial charge in [-0.05, 0) is 54.9 Å². The largest absolute Gasteiger partial charge is 0.383 e. The van der Waals surface area contributed by atoms with Gasteiger partial charge in [-0.2, -0.15) is 0 Å². The highest BCUT2D eigenvalue weighted by Crippen LogP contribution is 2.32. The molecule has 0 saturated heterocycles. The van der Waals surface area contributed by atoms with Gasteiger partial charge in [-0.3, -0.25) is 4.79 Å². The van der Waals surface area contributed by atoms with E-state index < -0.39 is 0 Å². The van der Waals surface area contributed by atoms with E-state index in [1.54, 1.807) is 17.5 Å². The molecule has 28 heavy (non-hydrogen) atoms. The lowest BCUT2D eigenvalue weighted by atomic mass is 10.00. The van der Waals surface area contributed by atoms with Gasteiger partial charge >= 0.3 is 0 Å². The molecule has 0 atom stereocenters. The number of carbonyl (C=O) groups excluding carboxylic acids is 1. The number of aromatic nitrogens is 1. The number of anilines is 1. The van der Waals surface area contributed by atoms with Crippen molar-refractivity contribution >= 4 is 43.9 Å². The van der Waals surface area contributed by atoms with Crippen LogP contribution in [0.5, 0.6) is 0 Å². The van der Waals surface area contributed by atoms with Crippen molar-refractivity contribution in [3.05, 3.63) is 59.6 Å². The van der Waals surface area contributed by atoms with Crippen molar-refractivity contribution in [2.24, 2.45) is 0 Å². The van der Waals surface area contributed by atoms with E-state index in [0.29, 0.717) is 12.4 Å². The van der Waals surface area contributed by atoms with Crippen molar-refractivity contribution < 1.29 is 4.79 Å². The summed E-state index contributed by atoms with van der Waals surface area (Å²) in [5.74, 6) is 0.495. The zero-order chi connectivity index (χ0) is 19.7. The van der Waals surface area contributed by atoms with Crippen LogP contribution in [-0.4, -0.2) is 43.0 Å². The Hall–Kier alpha value is -2.96. The van der Waals surface area contributed by atoms with Crippen LogP contribution in [0.3, 0.4) is 0 Å². The molecule has 0 aliphatic carbocycles. The first-order valence-electron chi connectivity index (χ1n) is 9.12. The van der Waals surface area contributed by atoms with Crippen LogP contribution in [-0.2, 0) is 0 Å². The summed E-state index contributed by atoms with van der Waals surface area (Å²) < 4.78 is 1.10. The lowest BCUT2D eigenvalue weighted by molar-refractivity contribution is 0.0953. The molecule has 0 bridgehead atoms. The monoisotopic (exact) mass is 390 g/mol. The second-order valence-electron chi connectivity index (χ2n) is 7.05. The van der Waals surface area contributed by atoms with Gasteiger partial charge in [0.1, 0.15) is 5.82 Å². The van der Waals surface area contributed by atoms with E-state index in [1.165, 1.54) is 0 Å². The van der Waals surface area contributed by atoms with Gasteiger partial charge in [0.25, 0.3) is 5.91 Å². The summed E-state index contributed by atoms with van der Waals surface area (Å²) >= 11 is 1.59. The van der Waals surface area contributed by atoms with E-state index in [4.69, 9.17) is 5.73 Å². The number of hydrogen-bond donors (Lipinski definition) is 2. The quantitative estimate of drug-likeness (QED) is 0.540. The molecule has 2 aromatic heterocycles. The van der Waals surface area contributed by atoms with Crippen LogP contribution >= 0.6 is 11.3 Å². The van der Waals surface area contributed by atoms with Crippen LogP contribution in [0, 0.1) is 0 Å². The topological polar surface area (TPSA) is 71.2 Å². The Morgan fingerprint density at radius 3 is 2.64 bits per heavy atom. The minimum atomic E-state index is -0.0304. The summed E-state index contributed by atoms with van der Waals surface area (Å²) in [5, 5.41) is 7.91. The van der Waals surface area contributed by atoms with Gasteiger partial charge in [-0.25, -0.2) is 4.98 Å². The lowest BCUT2D eigenvalue weighted by Gasteiger charge is -2.10. The number of amides is 1. The zero-order valence-electron chi connectivity index (χ0n) is 15.9. The van der Waals surface area contributed by atoms with Crippen LogP contribution in [0.1, 0.15) is 10.4 Å². The molecule has 0 aliphatic rings. The van der Waals surface area contributed by atoms with Crippen molar-refractivity contribution in [1.29, 1.82) is 0 Å². The summed E-state index contributed by atoms with van der Waals surface area (Å²) in [7, 11) is 3.98. The number of fused-ring (bicyclic) bond motifs is 2. The third-order valence-electron chi connectivity index (χ3n) is 4.79. The molecule has 0 spiro atoms. The molecule has 1 amide bonds. The second kappa shape index (κ2) is 7.58. The van der Waals surface area contributed by atoms with E-state index in [2.05, 4.69) is 46.7 Å². The number of benzene rings is 2. The Balaban J connectivity index is 1.69. The van der Waals surface area contributed by atoms with Gasteiger partial charge in [0.2, 0.25) is 0 Å². The standard InChI is InChI=1S/C22H22N4OS/c1-26(2)10-9-25-22(27)19-13-28-20-6-5-16(12-18(19)20)15-4-3-14-7-8-24-21(23)17(14)11-15/h3-8,11-13H,9-10H2,1-2H3,(H2,23,24)(H,25,27). The minimum Gasteiger partial charge on any atom is -0.383 e. The maximum absolute atomic E-state index is 12.6. The average Bonchev–Trinajstić information content (AvgIpc) is 3.11. The maximum Gasteiger partial charge on any atom is 0.252 e. The smallest absolute Gasteiger partial charge is 0.252 e. The second-order valence-corrected chi connectivity index (χ2v) is 7.96. The number of nitrogens with one attached hydrogen (secondary N) is 1. The molecule has 0 fully saturated rings. The van der Waals surface area contributed by atoms with Gasteiger partial charge in [-0.1, -0.05) is 18.2 Å². The number of pyridine rings is 1. The Morgan fingerprint density at radius 1 is 1.11 bits per heavy atom. The van der Waals surface area contributed by atoms with Crippen LogP contribution < -0.4 is 11.1 Å². The predicted octanol–water partition coefficient (Wildman–Crippen LogP) is 3.99. The summed E-state index contributed by atoms with van der Waals surface area (Å²) in [6, 6.07) is 14.4. The van der Waals surface area contributed by atoms with Gasteiger partial charge in [0.15, 0.2) is 0 Å². The summed E-state index contributed by atoms with van der Waals surface area (Å²) in [4.78, 5) is 18.9. The Labute approximate surface area is 167 Å². The van der Waals surface area contributed by atoms with Crippen molar-refractivity contribution in [2.45, 2.75) is 0 Å². The van der Waals surface area contributed by atoms with E-state index in [-0.39, 0.29) is 5.91 Å². The van der Waals surface area contributed by atoms with Crippen molar-refractivity contribution in [3.8, 4) is 11.1 Å². The minimum absolute atomic E-state index is 0.0304. The molecule has 4 aromatic rings. The zero-order valence-corrected chi connectivity index (χ0v) is 16.7. The fraction of sp³-hybridized carbons (Fsp3) is 0.182. The van der Waals surface area contributed by atoms with Crippen molar-refractivity contribution in [1.82, 2.24) is 15.2 Å². The lowest BCUT2D eigenvalue weighted by Crippen LogP contribution is -2.31. The maximum atomic E-state index is 12.6. The highest BCUT2D eigenvalue weighted by atomic mass is 32.1. The van der Waals surface area contributed by atoms with Gasteiger partial charge in [0, 0.05) is 40.1 Å². The average molecular weight is 391 g/mol. The Kier molecular flexibility index (Phi) is 4.98. The molecule has 0 saturated carbocycles. The first-order valence-corrected chi connectivity index (χ1v) is 10.00. The highest BCUT2D eigenvalue weighted by molar-refractivity contribution is 7.17. The number of thiophene rings is 1. The first-order chi connectivity index (χ1) is 13.5. The Bertz CT molecular complexity index is 1170. The summed E-state index contributed by atoms with van der Waals surface area (Å²) in [6.07, 6.45) is 1.72.